The molecule has 1 saturated heterocycles. The SMILES string of the molecule is CC[C@@H](c1nnnn1C[C@H]1CCCO1)N(Cc1cc2cc(OC)ccc2[nH]c1=O)C1CCCCC1. The lowest BCUT2D eigenvalue weighted by atomic mass is 9.92. The molecule has 0 amide bonds. The van der Waals surface area contributed by atoms with E-state index in [1.165, 1.54) is 19.3 Å². The lowest BCUT2D eigenvalue weighted by Crippen LogP contribution is -2.41. The van der Waals surface area contributed by atoms with Gasteiger partial charge in [-0.15, -0.1) is 5.10 Å². The summed E-state index contributed by atoms with van der Waals surface area (Å²) >= 11 is 0. The molecule has 9 nitrogen and oxygen atoms in total. The van der Waals surface area contributed by atoms with Gasteiger partial charge >= 0.3 is 0 Å². The van der Waals surface area contributed by atoms with Crippen molar-refractivity contribution in [3.05, 3.63) is 46.0 Å². The average molecular weight is 481 g/mol. The third kappa shape index (κ3) is 5.26. The predicted octanol–water partition coefficient (Wildman–Crippen LogP) is 3.99. The fraction of sp³-hybridized carbons (Fsp3) is 0.615. The monoisotopic (exact) mass is 480 g/mol. The first-order valence-electron chi connectivity index (χ1n) is 13.0. The summed E-state index contributed by atoms with van der Waals surface area (Å²) in [6.45, 7) is 4.22. The fourth-order valence-corrected chi connectivity index (χ4v) is 5.70. The molecular formula is C26H36N6O3. The maximum atomic E-state index is 13.1. The summed E-state index contributed by atoms with van der Waals surface area (Å²) in [7, 11) is 1.66. The molecule has 9 heteroatoms. The second-order valence-corrected chi connectivity index (χ2v) is 9.82. The predicted molar refractivity (Wildman–Crippen MR) is 133 cm³/mol. The molecule has 2 aliphatic rings. The molecule has 5 rings (SSSR count). The van der Waals surface area contributed by atoms with Crippen LogP contribution in [0.3, 0.4) is 0 Å². The number of H-pyrrole nitrogens is 1. The first-order valence-corrected chi connectivity index (χ1v) is 13.0. The van der Waals surface area contributed by atoms with Gasteiger partial charge in [-0.05, 0) is 66.8 Å². The normalized spacial score (nSPS) is 20.0. The smallest absolute Gasteiger partial charge is 0.252 e. The molecule has 2 atom stereocenters. The second kappa shape index (κ2) is 10.9. The number of aromatic nitrogens is 5. The van der Waals surface area contributed by atoms with Crippen LogP contribution in [0.4, 0.5) is 0 Å². The Bertz CT molecular complexity index is 1180. The van der Waals surface area contributed by atoms with E-state index in [9.17, 15) is 4.79 Å². The Morgan fingerprint density at radius 1 is 1.20 bits per heavy atom. The fourth-order valence-electron chi connectivity index (χ4n) is 5.70. The maximum Gasteiger partial charge on any atom is 0.252 e. The zero-order chi connectivity index (χ0) is 24.2. The van der Waals surface area contributed by atoms with Crippen LogP contribution in [-0.4, -0.2) is 56.0 Å². The van der Waals surface area contributed by atoms with Gasteiger partial charge in [-0.1, -0.05) is 26.2 Å². The van der Waals surface area contributed by atoms with E-state index in [1.54, 1.807) is 7.11 Å². The first-order chi connectivity index (χ1) is 17.2. The van der Waals surface area contributed by atoms with Gasteiger partial charge < -0.3 is 14.5 Å². The van der Waals surface area contributed by atoms with Gasteiger partial charge in [-0.3, -0.25) is 9.69 Å². The van der Waals surface area contributed by atoms with Crippen molar-refractivity contribution in [2.75, 3.05) is 13.7 Å². The molecule has 1 saturated carbocycles. The van der Waals surface area contributed by atoms with Gasteiger partial charge in [0.1, 0.15) is 5.75 Å². The summed E-state index contributed by atoms with van der Waals surface area (Å²) in [4.78, 5) is 18.7. The quantitative estimate of drug-likeness (QED) is 0.494. The number of ether oxygens (including phenoxy) is 2. The zero-order valence-corrected chi connectivity index (χ0v) is 20.8. The molecule has 3 heterocycles. The Kier molecular flexibility index (Phi) is 7.43. The molecule has 0 radical (unpaired) electrons. The third-order valence-corrected chi connectivity index (χ3v) is 7.57. The van der Waals surface area contributed by atoms with Crippen LogP contribution in [0.5, 0.6) is 5.75 Å². The number of tetrazole rings is 1. The minimum atomic E-state index is -0.0442. The highest BCUT2D eigenvalue weighted by Crippen LogP contribution is 2.33. The van der Waals surface area contributed by atoms with Crippen LogP contribution in [0.25, 0.3) is 10.9 Å². The van der Waals surface area contributed by atoms with Gasteiger partial charge in [0, 0.05) is 35.7 Å². The van der Waals surface area contributed by atoms with Crippen molar-refractivity contribution >= 4 is 10.9 Å². The van der Waals surface area contributed by atoms with E-state index < -0.39 is 0 Å². The van der Waals surface area contributed by atoms with Crippen LogP contribution in [0.1, 0.15) is 75.7 Å². The van der Waals surface area contributed by atoms with Crippen LogP contribution >= 0.6 is 0 Å². The Hall–Kier alpha value is -2.78. The van der Waals surface area contributed by atoms with Crippen LogP contribution in [0, 0.1) is 0 Å². The van der Waals surface area contributed by atoms with Crippen LogP contribution in [-0.2, 0) is 17.8 Å². The maximum absolute atomic E-state index is 13.1. The molecule has 0 spiro atoms. The highest BCUT2D eigenvalue weighted by Gasteiger charge is 2.32. The minimum Gasteiger partial charge on any atom is -0.497 e. The van der Waals surface area contributed by atoms with Crippen molar-refractivity contribution in [2.24, 2.45) is 0 Å². The van der Waals surface area contributed by atoms with E-state index in [0.29, 0.717) is 19.1 Å². The van der Waals surface area contributed by atoms with E-state index in [4.69, 9.17) is 9.47 Å². The number of nitrogens with zero attached hydrogens (tertiary/aromatic N) is 5. The van der Waals surface area contributed by atoms with Crippen LogP contribution < -0.4 is 10.3 Å². The number of pyridine rings is 1. The average Bonchev–Trinajstić information content (AvgIpc) is 3.57. The zero-order valence-electron chi connectivity index (χ0n) is 20.8. The van der Waals surface area contributed by atoms with Gasteiger partial charge in [0.25, 0.3) is 5.56 Å². The number of rotatable bonds is 9. The molecule has 2 aromatic heterocycles. The molecule has 0 unspecified atom stereocenters. The third-order valence-electron chi connectivity index (χ3n) is 7.57. The van der Waals surface area contributed by atoms with Crippen molar-refractivity contribution in [2.45, 2.75) is 89.6 Å². The summed E-state index contributed by atoms with van der Waals surface area (Å²) in [5.74, 6) is 1.65. The second-order valence-electron chi connectivity index (χ2n) is 9.82. The summed E-state index contributed by atoms with van der Waals surface area (Å²) in [5, 5.41) is 13.8. The number of aromatic amines is 1. The Morgan fingerprint density at radius 2 is 2.06 bits per heavy atom. The first kappa shape index (κ1) is 23.9. The van der Waals surface area contributed by atoms with E-state index in [-0.39, 0.29) is 17.7 Å². The van der Waals surface area contributed by atoms with Crippen molar-refractivity contribution < 1.29 is 9.47 Å². The van der Waals surface area contributed by atoms with Crippen molar-refractivity contribution in [1.29, 1.82) is 0 Å². The van der Waals surface area contributed by atoms with Crippen molar-refractivity contribution in [3.8, 4) is 5.75 Å². The van der Waals surface area contributed by atoms with Crippen molar-refractivity contribution in [3.63, 3.8) is 0 Å². The van der Waals surface area contributed by atoms with Crippen molar-refractivity contribution in [1.82, 2.24) is 30.1 Å². The van der Waals surface area contributed by atoms with Gasteiger partial charge in [0.15, 0.2) is 5.82 Å². The summed E-state index contributed by atoms with van der Waals surface area (Å²) in [6.07, 6.45) is 9.10. The van der Waals surface area contributed by atoms with E-state index in [2.05, 4.69) is 32.3 Å². The van der Waals surface area contributed by atoms with E-state index >= 15 is 0 Å². The highest BCUT2D eigenvalue weighted by atomic mass is 16.5. The van der Waals surface area contributed by atoms with Gasteiger partial charge in [0.2, 0.25) is 0 Å². The molecule has 1 aliphatic heterocycles. The molecule has 1 aromatic carbocycles. The van der Waals surface area contributed by atoms with Gasteiger partial charge in [-0.2, -0.15) is 0 Å². The summed E-state index contributed by atoms with van der Waals surface area (Å²) in [5.41, 5.74) is 1.53. The largest absolute Gasteiger partial charge is 0.497 e. The molecule has 0 bridgehead atoms. The van der Waals surface area contributed by atoms with Gasteiger partial charge in [-0.25, -0.2) is 4.68 Å². The topological polar surface area (TPSA) is 98.2 Å². The molecule has 2 fully saturated rings. The molecular weight excluding hydrogens is 444 g/mol. The Labute approximate surface area is 205 Å². The molecule has 35 heavy (non-hydrogen) atoms. The van der Waals surface area contributed by atoms with Crippen LogP contribution in [0.2, 0.25) is 0 Å². The van der Waals surface area contributed by atoms with E-state index in [0.717, 1.165) is 66.8 Å². The van der Waals surface area contributed by atoms with E-state index in [1.807, 2.05) is 28.9 Å². The molecule has 3 aromatic rings. The Balaban J connectivity index is 1.48. The van der Waals surface area contributed by atoms with Gasteiger partial charge in [0.05, 0.1) is 25.8 Å². The number of benzene rings is 1. The van der Waals surface area contributed by atoms with Crippen LogP contribution in [0.15, 0.2) is 29.1 Å². The lowest BCUT2D eigenvalue weighted by molar-refractivity contribution is 0.0734. The highest BCUT2D eigenvalue weighted by molar-refractivity contribution is 5.80. The number of methoxy groups -OCH3 is 1. The number of fused-ring (bicyclic) bond motifs is 1. The summed E-state index contributed by atoms with van der Waals surface area (Å²) < 4.78 is 13.2. The molecule has 1 N–H and O–H groups in total. The number of hydrogen-bond donors (Lipinski definition) is 1. The Morgan fingerprint density at radius 3 is 2.80 bits per heavy atom. The lowest BCUT2D eigenvalue weighted by Gasteiger charge is -2.39. The molecule has 1 aliphatic carbocycles. The standard InChI is InChI=1S/C26H36N6O3/c1-3-24(25-28-29-30-32(25)17-22-10-7-13-35-22)31(20-8-5-4-6-9-20)16-19-14-18-15-21(34-2)11-12-23(18)27-26(19)33/h11-12,14-15,20,22,24H,3-10,13,16-17H2,1-2H3,(H,27,33)/t22-,24+/m1/s1. The number of nitrogens with one attached hydrogen (secondary N) is 1. The minimum absolute atomic E-state index is 0.0231. The number of hydrogen-bond acceptors (Lipinski definition) is 7. The summed E-state index contributed by atoms with van der Waals surface area (Å²) in [6, 6.07) is 8.16. The molecule has 188 valence electrons.